The van der Waals surface area contributed by atoms with Gasteiger partial charge in [0, 0.05) is 45.3 Å². The average molecular weight is 295 g/mol. The molecule has 2 saturated heterocycles. The van der Waals surface area contributed by atoms with E-state index in [2.05, 4.69) is 57.6 Å². The van der Waals surface area contributed by atoms with Crippen molar-refractivity contribution in [3.05, 3.63) is 48.0 Å². The Bertz CT molecular complexity index is 620. The average Bonchev–Trinajstić information content (AvgIpc) is 3.10. The first-order chi connectivity index (χ1) is 10.9. The van der Waals surface area contributed by atoms with Crippen LogP contribution in [0.15, 0.2) is 42.5 Å². The largest absolute Gasteiger partial charge is 0.315 e. The minimum atomic E-state index is 0.778. The number of piperazine rings is 1. The number of benzene rings is 2. The molecular formula is C19H25N3. The van der Waals surface area contributed by atoms with E-state index in [1.807, 2.05) is 0 Å². The van der Waals surface area contributed by atoms with Crippen molar-refractivity contribution in [1.82, 2.24) is 15.1 Å². The van der Waals surface area contributed by atoms with Gasteiger partial charge in [0.1, 0.15) is 0 Å². The summed E-state index contributed by atoms with van der Waals surface area (Å²) in [7, 11) is 0. The molecule has 2 aliphatic heterocycles. The molecule has 1 N–H and O–H groups in total. The normalized spacial score (nSPS) is 24.1. The third-order valence-corrected chi connectivity index (χ3v) is 5.23. The Labute approximate surface area is 132 Å². The summed E-state index contributed by atoms with van der Waals surface area (Å²) in [4.78, 5) is 5.29. The molecule has 2 aromatic rings. The summed E-state index contributed by atoms with van der Waals surface area (Å²) in [5, 5.41) is 6.25. The van der Waals surface area contributed by atoms with Gasteiger partial charge in [-0.1, -0.05) is 42.5 Å². The zero-order valence-electron chi connectivity index (χ0n) is 13.2. The van der Waals surface area contributed by atoms with Gasteiger partial charge in [-0.2, -0.15) is 0 Å². The number of nitrogens with zero attached hydrogens (tertiary/aromatic N) is 2. The Balaban J connectivity index is 1.41. The Hall–Kier alpha value is -1.42. The molecule has 2 heterocycles. The number of hydrogen-bond donors (Lipinski definition) is 1. The van der Waals surface area contributed by atoms with E-state index in [4.69, 9.17) is 0 Å². The van der Waals surface area contributed by atoms with Gasteiger partial charge in [-0.15, -0.1) is 0 Å². The number of nitrogens with one attached hydrogen (secondary N) is 1. The fourth-order valence-corrected chi connectivity index (χ4v) is 3.91. The van der Waals surface area contributed by atoms with Gasteiger partial charge in [-0.3, -0.25) is 9.80 Å². The molecule has 3 heteroatoms. The molecule has 1 atom stereocenters. The molecule has 4 rings (SSSR count). The topological polar surface area (TPSA) is 18.5 Å². The maximum atomic E-state index is 3.49. The second-order valence-corrected chi connectivity index (χ2v) is 6.60. The van der Waals surface area contributed by atoms with Crippen LogP contribution in [0.5, 0.6) is 0 Å². The molecule has 3 nitrogen and oxygen atoms in total. The van der Waals surface area contributed by atoms with Gasteiger partial charge < -0.3 is 5.32 Å². The van der Waals surface area contributed by atoms with Crippen molar-refractivity contribution in [1.29, 1.82) is 0 Å². The number of rotatable bonds is 3. The van der Waals surface area contributed by atoms with Gasteiger partial charge in [-0.25, -0.2) is 0 Å². The van der Waals surface area contributed by atoms with Gasteiger partial charge in [0.05, 0.1) is 0 Å². The number of fused-ring (bicyclic) bond motifs is 1. The van der Waals surface area contributed by atoms with Crippen LogP contribution in [0.3, 0.4) is 0 Å². The Morgan fingerprint density at radius 2 is 1.77 bits per heavy atom. The van der Waals surface area contributed by atoms with E-state index < -0.39 is 0 Å². The Morgan fingerprint density at radius 1 is 0.955 bits per heavy atom. The van der Waals surface area contributed by atoms with Crippen molar-refractivity contribution in [3.8, 4) is 0 Å². The first-order valence-electron chi connectivity index (χ1n) is 8.54. The minimum absolute atomic E-state index is 0.778. The van der Waals surface area contributed by atoms with E-state index in [0.717, 1.165) is 12.6 Å². The molecular weight excluding hydrogens is 270 g/mol. The summed E-state index contributed by atoms with van der Waals surface area (Å²) < 4.78 is 0. The summed E-state index contributed by atoms with van der Waals surface area (Å²) in [6, 6.07) is 16.2. The summed E-state index contributed by atoms with van der Waals surface area (Å²) in [5.74, 6) is 0. The van der Waals surface area contributed by atoms with Crippen molar-refractivity contribution in [2.45, 2.75) is 19.0 Å². The molecule has 0 aliphatic carbocycles. The highest BCUT2D eigenvalue weighted by molar-refractivity contribution is 5.85. The highest BCUT2D eigenvalue weighted by atomic mass is 15.3. The third-order valence-electron chi connectivity index (χ3n) is 5.23. The molecule has 22 heavy (non-hydrogen) atoms. The highest BCUT2D eigenvalue weighted by Gasteiger charge is 2.25. The van der Waals surface area contributed by atoms with Crippen LogP contribution in [0.25, 0.3) is 10.8 Å². The van der Waals surface area contributed by atoms with E-state index in [1.165, 1.54) is 62.0 Å². The smallest absolute Gasteiger partial charge is 0.0240 e. The van der Waals surface area contributed by atoms with Crippen molar-refractivity contribution < 1.29 is 0 Å². The van der Waals surface area contributed by atoms with Crippen molar-refractivity contribution >= 4 is 10.8 Å². The van der Waals surface area contributed by atoms with E-state index in [0.29, 0.717) is 0 Å². The van der Waals surface area contributed by atoms with Crippen LogP contribution in [-0.4, -0.2) is 55.1 Å². The van der Waals surface area contributed by atoms with Crippen LogP contribution in [0.1, 0.15) is 12.0 Å². The van der Waals surface area contributed by atoms with Crippen LogP contribution in [0.4, 0.5) is 0 Å². The lowest BCUT2D eigenvalue weighted by Gasteiger charge is -2.38. The van der Waals surface area contributed by atoms with Crippen LogP contribution in [0.2, 0.25) is 0 Å². The van der Waals surface area contributed by atoms with Gasteiger partial charge >= 0.3 is 0 Å². The predicted molar refractivity (Wildman–Crippen MR) is 92.1 cm³/mol. The van der Waals surface area contributed by atoms with Crippen LogP contribution < -0.4 is 5.32 Å². The quantitative estimate of drug-likeness (QED) is 0.937. The first kappa shape index (κ1) is 14.2. The Morgan fingerprint density at radius 3 is 2.59 bits per heavy atom. The molecule has 2 fully saturated rings. The van der Waals surface area contributed by atoms with Gasteiger partial charge in [0.2, 0.25) is 0 Å². The molecule has 0 radical (unpaired) electrons. The lowest BCUT2D eigenvalue weighted by molar-refractivity contribution is 0.0984. The van der Waals surface area contributed by atoms with Crippen molar-refractivity contribution in [2.24, 2.45) is 0 Å². The summed E-state index contributed by atoms with van der Waals surface area (Å²) in [5.41, 5.74) is 1.47. The standard InChI is InChI=1S/C19H25N3/c1-2-7-19-16(4-1)5-3-6-17(19)15-21-10-12-22(13-11-21)18-8-9-20-14-18/h1-7,18,20H,8-15H2. The van der Waals surface area contributed by atoms with Crippen molar-refractivity contribution in [2.75, 3.05) is 39.3 Å². The summed E-state index contributed by atoms with van der Waals surface area (Å²) in [6.45, 7) is 8.29. The first-order valence-corrected chi connectivity index (χ1v) is 8.54. The van der Waals surface area contributed by atoms with E-state index in [-0.39, 0.29) is 0 Å². The van der Waals surface area contributed by atoms with Gasteiger partial charge in [0.15, 0.2) is 0 Å². The highest BCUT2D eigenvalue weighted by Crippen LogP contribution is 2.21. The lowest BCUT2D eigenvalue weighted by atomic mass is 10.0. The van der Waals surface area contributed by atoms with Gasteiger partial charge in [0.25, 0.3) is 0 Å². The molecule has 0 amide bonds. The molecule has 0 saturated carbocycles. The molecule has 0 spiro atoms. The Kier molecular flexibility index (Phi) is 4.11. The van der Waals surface area contributed by atoms with Crippen LogP contribution in [0, 0.1) is 0 Å². The molecule has 116 valence electrons. The number of hydrogen-bond acceptors (Lipinski definition) is 3. The van der Waals surface area contributed by atoms with Crippen molar-refractivity contribution in [3.63, 3.8) is 0 Å². The minimum Gasteiger partial charge on any atom is -0.315 e. The summed E-state index contributed by atoms with van der Waals surface area (Å²) in [6.07, 6.45) is 1.32. The van der Waals surface area contributed by atoms with E-state index >= 15 is 0 Å². The predicted octanol–water partition coefficient (Wildman–Crippen LogP) is 2.32. The van der Waals surface area contributed by atoms with E-state index in [9.17, 15) is 0 Å². The van der Waals surface area contributed by atoms with Gasteiger partial charge in [-0.05, 0) is 29.3 Å². The lowest BCUT2D eigenvalue weighted by Crippen LogP contribution is -2.50. The monoisotopic (exact) mass is 295 g/mol. The second-order valence-electron chi connectivity index (χ2n) is 6.60. The maximum absolute atomic E-state index is 3.49. The molecule has 2 aromatic carbocycles. The fourth-order valence-electron chi connectivity index (χ4n) is 3.91. The van der Waals surface area contributed by atoms with Crippen LogP contribution >= 0.6 is 0 Å². The zero-order valence-corrected chi connectivity index (χ0v) is 13.2. The maximum Gasteiger partial charge on any atom is 0.0240 e. The van der Waals surface area contributed by atoms with Crippen LogP contribution in [-0.2, 0) is 6.54 Å². The third kappa shape index (κ3) is 2.89. The SMILES string of the molecule is c1ccc2c(CN3CCN(C4CCNC4)CC3)cccc2c1. The second kappa shape index (κ2) is 6.37. The fraction of sp³-hybridized carbons (Fsp3) is 0.474. The molecule has 1 unspecified atom stereocenters. The van der Waals surface area contributed by atoms with E-state index in [1.54, 1.807) is 0 Å². The summed E-state index contributed by atoms with van der Waals surface area (Å²) >= 11 is 0. The molecule has 2 aliphatic rings. The molecule has 0 aromatic heterocycles. The molecule has 0 bridgehead atoms. The zero-order chi connectivity index (χ0) is 14.8.